The molecular formula is C7H11NO. The third-order valence-corrected chi connectivity index (χ3v) is 0.888. The van der Waals surface area contributed by atoms with E-state index in [9.17, 15) is 0 Å². The first-order valence-electron chi connectivity index (χ1n) is 2.95. The van der Waals surface area contributed by atoms with Crippen LogP contribution >= 0.6 is 0 Å². The second-order valence-electron chi connectivity index (χ2n) is 1.66. The van der Waals surface area contributed by atoms with Crippen LogP contribution in [0.2, 0.25) is 0 Å². The van der Waals surface area contributed by atoms with Crippen molar-refractivity contribution in [2.75, 3.05) is 13.2 Å². The van der Waals surface area contributed by atoms with E-state index in [1.54, 1.807) is 13.0 Å². The number of nitrogens with zero attached hydrogens (tertiary/aromatic N) is 1. The average Bonchev–Trinajstić information content (AvgIpc) is 1.89. The maximum Gasteiger partial charge on any atom is 0.0941 e. The topological polar surface area (TPSA) is 33.0 Å². The van der Waals surface area contributed by atoms with Gasteiger partial charge in [0.15, 0.2) is 0 Å². The molecular weight excluding hydrogens is 114 g/mol. The molecule has 0 saturated carbocycles. The molecule has 0 radical (unpaired) electrons. The van der Waals surface area contributed by atoms with Crippen molar-refractivity contribution in [1.82, 2.24) is 0 Å². The van der Waals surface area contributed by atoms with Gasteiger partial charge in [0.2, 0.25) is 0 Å². The third kappa shape index (κ3) is 5.05. The van der Waals surface area contributed by atoms with Crippen LogP contribution in [0.25, 0.3) is 0 Å². The lowest BCUT2D eigenvalue weighted by molar-refractivity contribution is 0.177. The highest BCUT2D eigenvalue weighted by Crippen LogP contribution is 1.87. The maximum absolute atomic E-state index is 8.26. The van der Waals surface area contributed by atoms with Crippen LogP contribution in [-0.2, 0) is 4.74 Å². The highest BCUT2D eigenvalue weighted by molar-refractivity contribution is 5.16. The summed E-state index contributed by atoms with van der Waals surface area (Å²) < 4.78 is 4.98. The van der Waals surface area contributed by atoms with Crippen LogP contribution in [0.1, 0.15) is 13.8 Å². The Hall–Kier alpha value is -0.810. The Labute approximate surface area is 55.7 Å². The summed E-state index contributed by atoms with van der Waals surface area (Å²) in [4.78, 5) is 0. The third-order valence-electron chi connectivity index (χ3n) is 0.888. The predicted molar refractivity (Wildman–Crippen MR) is 35.9 cm³/mol. The quantitative estimate of drug-likeness (QED) is 0.423. The van der Waals surface area contributed by atoms with Crippen molar-refractivity contribution < 1.29 is 4.74 Å². The van der Waals surface area contributed by atoms with Gasteiger partial charge < -0.3 is 4.74 Å². The van der Waals surface area contributed by atoms with Crippen LogP contribution in [0.4, 0.5) is 0 Å². The smallest absolute Gasteiger partial charge is 0.0941 e. The Bertz CT molecular complexity index is 132. The molecule has 0 rings (SSSR count). The van der Waals surface area contributed by atoms with E-state index in [4.69, 9.17) is 10.00 Å². The van der Waals surface area contributed by atoms with Gasteiger partial charge in [0.1, 0.15) is 0 Å². The number of nitriles is 1. The fraction of sp³-hybridized carbons (Fsp3) is 0.571. The molecule has 0 atom stereocenters. The number of hydrogen-bond acceptors (Lipinski definition) is 2. The zero-order valence-electron chi connectivity index (χ0n) is 5.85. The van der Waals surface area contributed by atoms with Gasteiger partial charge in [0.25, 0.3) is 0 Å². The van der Waals surface area contributed by atoms with E-state index >= 15 is 0 Å². The van der Waals surface area contributed by atoms with Gasteiger partial charge in [0.05, 0.1) is 12.7 Å². The molecule has 0 aromatic carbocycles. The van der Waals surface area contributed by atoms with Gasteiger partial charge in [-0.1, -0.05) is 0 Å². The molecule has 0 aliphatic heterocycles. The van der Waals surface area contributed by atoms with E-state index in [1.165, 1.54) is 0 Å². The van der Waals surface area contributed by atoms with Crippen molar-refractivity contribution in [3.63, 3.8) is 0 Å². The van der Waals surface area contributed by atoms with Crippen LogP contribution in [0.15, 0.2) is 11.6 Å². The Balaban J connectivity index is 3.35. The zero-order valence-corrected chi connectivity index (χ0v) is 5.85. The lowest BCUT2D eigenvalue weighted by atomic mass is 10.3. The molecule has 0 aromatic rings. The van der Waals surface area contributed by atoms with Gasteiger partial charge in [-0.25, -0.2) is 0 Å². The van der Waals surface area contributed by atoms with E-state index in [2.05, 4.69) is 0 Å². The molecule has 0 unspecified atom stereocenters. The molecule has 2 nitrogen and oxygen atoms in total. The molecule has 0 bridgehead atoms. The molecule has 0 aromatic heterocycles. The molecule has 0 N–H and O–H groups in total. The SMILES string of the molecule is CCOC/C=C(/C)C#N. The van der Waals surface area contributed by atoms with Gasteiger partial charge in [-0.2, -0.15) is 5.26 Å². The minimum atomic E-state index is 0.551. The molecule has 0 spiro atoms. The summed E-state index contributed by atoms with van der Waals surface area (Å²) in [5, 5.41) is 8.26. The summed E-state index contributed by atoms with van der Waals surface area (Å²) in [7, 11) is 0. The molecule has 50 valence electrons. The summed E-state index contributed by atoms with van der Waals surface area (Å²) in [6, 6.07) is 2.00. The van der Waals surface area contributed by atoms with E-state index in [0.717, 1.165) is 0 Å². The van der Waals surface area contributed by atoms with Crippen molar-refractivity contribution >= 4 is 0 Å². The Morgan fingerprint density at radius 2 is 2.44 bits per heavy atom. The first-order valence-corrected chi connectivity index (χ1v) is 2.95. The van der Waals surface area contributed by atoms with E-state index < -0.39 is 0 Å². The lowest BCUT2D eigenvalue weighted by Gasteiger charge is -1.91. The second-order valence-corrected chi connectivity index (χ2v) is 1.66. The minimum absolute atomic E-state index is 0.551. The van der Waals surface area contributed by atoms with Gasteiger partial charge in [0, 0.05) is 12.2 Å². The summed E-state index contributed by atoms with van der Waals surface area (Å²) in [5.74, 6) is 0. The molecule has 9 heavy (non-hydrogen) atoms. The molecule has 0 amide bonds. The second kappa shape index (κ2) is 5.33. The van der Waals surface area contributed by atoms with Crippen molar-refractivity contribution in [1.29, 1.82) is 5.26 Å². The molecule has 0 aliphatic carbocycles. The monoisotopic (exact) mass is 125 g/mol. The first-order chi connectivity index (χ1) is 4.31. The average molecular weight is 125 g/mol. The van der Waals surface area contributed by atoms with E-state index in [0.29, 0.717) is 18.8 Å². The number of rotatable bonds is 3. The van der Waals surface area contributed by atoms with Crippen LogP contribution in [0, 0.1) is 11.3 Å². The van der Waals surface area contributed by atoms with Gasteiger partial charge in [-0.3, -0.25) is 0 Å². The molecule has 0 fully saturated rings. The van der Waals surface area contributed by atoms with Gasteiger partial charge >= 0.3 is 0 Å². The molecule has 0 heterocycles. The predicted octanol–water partition coefficient (Wildman–Crippen LogP) is 1.49. The summed E-state index contributed by atoms with van der Waals surface area (Å²) in [6.07, 6.45) is 1.77. The van der Waals surface area contributed by atoms with Crippen molar-refractivity contribution in [2.24, 2.45) is 0 Å². The summed E-state index contributed by atoms with van der Waals surface area (Å²) >= 11 is 0. The van der Waals surface area contributed by atoms with Crippen molar-refractivity contribution in [3.05, 3.63) is 11.6 Å². The normalized spacial score (nSPS) is 11.0. The fourth-order valence-corrected chi connectivity index (χ4v) is 0.347. The van der Waals surface area contributed by atoms with Crippen molar-refractivity contribution in [3.8, 4) is 6.07 Å². The zero-order chi connectivity index (χ0) is 7.11. The Kier molecular flexibility index (Phi) is 4.85. The Morgan fingerprint density at radius 3 is 2.89 bits per heavy atom. The van der Waals surface area contributed by atoms with Crippen LogP contribution < -0.4 is 0 Å². The van der Waals surface area contributed by atoms with E-state index in [1.807, 2.05) is 13.0 Å². The van der Waals surface area contributed by atoms with Gasteiger partial charge in [-0.05, 0) is 19.9 Å². The highest BCUT2D eigenvalue weighted by atomic mass is 16.5. The molecule has 0 saturated heterocycles. The number of ether oxygens (including phenoxy) is 1. The van der Waals surface area contributed by atoms with Crippen LogP contribution in [0.3, 0.4) is 0 Å². The van der Waals surface area contributed by atoms with Crippen LogP contribution in [-0.4, -0.2) is 13.2 Å². The van der Waals surface area contributed by atoms with Crippen molar-refractivity contribution in [2.45, 2.75) is 13.8 Å². The van der Waals surface area contributed by atoms with E-state index in [-0.39, 0.29) is 0 Å². The first kappa shape index (κ1) is 8.19. The fourth-order valence-electron chi connectivity index (χ4n) is 0.347. The summed E-state index contributed by atoms with van der Waals surface area (Å²) in [5.41, 5.74) is 0.712. The van der Waals surface area contributed by atoms with Crippen LogP contribution in [0.5, 0.6) is 0 Å². The standard InChI is InChI=1S/C7H11NO/c1-3-9-5-4-7(2)6-8/h4H,3,5H2,1-2H3/b7-4-. The lowest BCUT2D eigenvalue weighted by Crippen LogP contribution is -1.88. The molecule has 2 heteroatoms. The maximum atomic E-state index is 8.26. The summed E-state index contributed by atoms with van der Waals surface area (Å²) in [6.45, 7) is 4.94. The molecule has 0 aliphatic rings. The minimum Gasteiger partial charge on any atom is -0.378 e. The largest absolute Gasteiger partial charge is 0.378 e. The van der Waals surface area contributed by atoms with Gasteiger partial charge in [-0.15, -0.1) is 0 Å². The number of hydrogen-bond donors (Lipinski definition) is 0. The Morgan fingerprint density at radius 1 is 1.78 bits per heavy atom. The highest BCUT2D eigenvalue weighted by Gasteiger charge is 1.81. The number of allylic oxidation sites excluding steroid dienone is 1.